The largest absolute Gasteiger partial charge is 0.430 e. The van der Waals surface area contributed by atoms with Crippen LogP contribution in [0.1, 0.15) is 97.6 Å². The lowest BCUT2D eigenvalue weighted by atomic mass is 9.86. The van der Waals surface area contributed by atoms with Crippen molar-refractivity contribution in [3.8, 4) is 11.5 Å². The Bertz CT molecular complexity index is 806. The molecular weight excluding hydrogens is 415 g/mol. The van der Waals surface area contributed by atoms with Crippen LogP contribution in [0, 0.1) is 11.3 Å². The maximum absolute atomic E-state index is 14.0. The lowest BCUT2D eigenvalue weighted by Crippen LogP contribution is -2.17. The Hall–Kier alpha value is -1.73. The third kappa shape index (κ3) is 8.32. The van der Waals surface area contributed by atoms with Gasteiger partial charge in [0.25, 0.3) is 0 Å². The normalized spacial score (nSPS) is 15.1. The summed E-state index contributed by atoms with van der Waals surface area (Å²) in [6.07, 6.45) is 3.49. The second-order valence-corrected chi connectivity index (χ2v) is 12.6. The minimum absolute atomic E-state index is 0.153. The molecule has 0 bridgehead atoms. The van der Waals surface area contributed by atoms with Crippen molar-refractivity contribution in [3.63, 3.8) is 0 Å². The van der Waals surface area contributed by atoms with Gasteiger partial charge in [-0.1, -0.05) is 79.7 Å². The molecule has 0 saturated heterocycles. The number of hydrogen-bond acceptors (Lipinski definition) is 3. The lowest BCUT2D eigenvalue weighted by molar-refractivity contribution is 0.308. The highest BCUT2D eigenvalue weighted by Gasteiger charge is 2.32. The van der Waals surface area contributed by atoms with E-state index >= 15 is 0 Å². The van der Waals surface area contributed by atoms with Gasteiger partial charge in [-0.25, -0.2) is 4.57 Å². The molecule has 0 spiro atoms. The molecule has 2 aromatic carbocycles. The zero-order chi connectivity index (χ0) is 23.9. The molecule has 0 heterocycles. The third-order valence-electron chi connectivity index (χ3n) is 6.11. The van der Waals surface area contributed by atoms with Crippen LogP contribution in [0.25, 0.3) is 0 Å². The predicted molar refractivity (Wildman–Crippen MR) is 137 cm³/mol. The molecule has 3 nitrogen and oxygen atoms in total. The van der Waals surface area contributed by atoms with Gasteiger partial charge in [0.05, 0.1) is 6.16 Å². The van der Waals surface area contributed by atoms with Crippen molar-refractivity contribution in [3.05, 3.63) is 59.7 Å². The van der Waals surface area contributed by atoms with Crippen LogP contribution in [0.4, 0.5) is 0 Å². The molecule has 32 heavy (non-hydrogen) atoms. The summed E-state index contributed by atoms with van der Waals surface area (Å²) >= 11 is 0. The molecule has 0 aromatic heterocycles. The van der Waals surface area contributed by atoms with Crippen LogP contribution >= 0.6 is 7.60 Å². The molecule has 2 rings (SSSR count). The molecule has 0 amide bonds. The van der Waals surface area contributed by atoms with Crippen molar-refractivity contribution < 1.29 is 13.6 Å². The highest BCUT2D eigenvalue weighted by molar-refractivity contribution is 7.54. The molecule has 0 N–H and O–H groups in total. The smallest absolute Gasteiger partial charge is 0.416 e. The van der Waals surface area contributed by atoms with Crippen LogP contribution in [0.5, 0.6) is 11.5 Å². The monoisotopic (exact) mass is 458 g/mol. The molecule has 4 heteroatoms. The van der Waals surface area contributed by atoms with Crippen LogP contribution < -0.4 is 9.05 Å². The van der Waals surface area contributed by atoms with E-state index < -0.39 is 7.60 Å². The summed E-state index contributed by atoms with van der Waals surface area (Å²) in [4.78, 5) is 0. The van der Waals surface area contributed by atoms with E-state index in [-0.39, 0.29) is 11.3 Å². The summed E-state index contributed by atoms with van der Waals surface area (Å²) < 4.78 is 26.1. The van der Waals surface area contributed by atoms with E-state index in [2.05, 4.69) is 79.7 Å². The highest BCUT2D eigenvalue weighted by Crippen LogP contribution is 2.51. The summed E-state index contributed by atoms with van der Waals surface area (Å²) in [5.41, 5.74) is 2.68. The van der Waals surface area contributed by atoms with Crippen LogP contribution in [0.3, 0.4) is 0 Å². The summed E-state index contributed by atoms with van der Waals surface area (Å²) in [5.74, 6) is 2.38. The fourth-order valence-corrected chi connectivity index (χ4v) is 6.06. The Morgan fingerprint density at radius 3 is 1.44 bits per heavy atom. The van der Waals surface area contributed by atoms with Crippen LogP contribution in [0.2, 0.25) is 0 Å². The molecule has 0 fully saturated rings. The number of benzene rings is 2. The highest BCUT2D eigenvalue weighted by atomic mass is 31.2. The zero-order valence-corrected chi connectivity index (χ0v) is 22.2. The SMILES string of the molecule is CC[C@H](C)c1ccc(OP(=O)(C[C@@H](C)CC(C)(C)C)Oc2ccc([C@@H](C)CC)cc2)cc1. The Morgan fingerprint density at radius 1 is 0.750 bits per heavy atom. The molecule has 2 aromatic rings. The van der Waals surface area contributed by atoms with E-state index in [0.29, 0.717) is 29.5 Å². The minimum atomic E-state index is -3.40. The Kier molecular flexibility index (Phi) is 9.46. The molecule has 0 aliphatic rings. The third-order valence-corrected chi connectivity index (χ3v) is 8.16. The first kappa shape index (κ1) is 26.5. The van der Waals surface area contributed by atoms with E-state index in [1.54, 1.807) is 0 Å². The van der Waals surface area contributed by atoms with Crippen molar-refractivity contribution in [2.75, 3.05) is 6.16 Å². The average Bonchev–Trinajstić information content (AvgIpc) is 2.71. The van der Waals surface area contributed by atoms with Crippen LogP contribution in [0.15, 0.2) is 48.5 Å². The summed E-state index contributed by atoms with van der Waals surface area (Å²) in [6, 6.07) is 15.9. The molecule has 0 saturated carbocycles. The second kappa shape index (κ2) is 11.4. The molecule has 0 unspecified atom stereocenters. The maximum atomic E-state index is 14.0. The van der Waals surface area contributed by atoms with Gasteiger partial charge in [-0.3, -0.25) is 0 Å². The fourth-order valence-electron chi connectivity index (χ4n) is 4.09. The van der Waals surface area contributed by atoms with Gasteiger partial charge in [0.15, 0.2) is 0 Å². The Labute approximate surface area is 196 Å². The van der Waals surface area contributed by atoms with Crippen molar-refractivity contribution in [1.29, 1.82) is 0 Å². The minimum Gasteiger partial charge on any atom is -0.416 e. The van der Waals surface area contributed by atoms with Gasteiger partial charge >= 0.3 is 7.60 Å². The lowest BCUT2D eigenvalue weighted by Gasteiger charge is -2.27. The quantitative estimate of drug-likeness (QED) is 0.315. The molecular formula is C28H43O3P. The summed E-state index contributed by atoms with van der Waals surface area (Å²) in [7, 11) is -3.40. The molecule has 178 valence electrons. The van der Waals surface area contributed by atoms with Gasteiger partial charge in [0.2, 0.25) is 0 Å². The molecule has 0 aliphatic carbocycles. The van der Waals surface area contributed by atoms with E-state index in [9.17, 15) is 4.57 Å². The predicted octanol–water partition coefficient (Wildman–Crippen LogP) is 9.44. The second-order valence-electron chi connectivity index (χ2n) is 10.6. The van der Waals surface area contributed by atoms with Gasteiger partial charge in [0, 0.05) is 0 Å². The zero-order valence-electron chi connectivity index (χ0n) is 21.4. The van der Waals surface area contributed by atoms with Crippen LogP contribution in [-0.4, -0.2) is 6.16 Å². The first-order valence-corrected chi connectivity index (χ1v) is 13.9. The molecule has 0 radical (unpaired) electrons. The Balaban J connectivity index is 2.25. The van der Waals surface area contributed by atoms with Gasteiger partial charge in [0.1, 0.15) is 11.5 Å². The summed E-state index contributed by atoms with van der Waals surface area (Å²) in [5, 5.41) is 0. The van der Waals surface area contributed by atoms with Gasteiger partial charge in [-0.15, -0.1) is 0 Å². The molecule has 0 aliphatic heterocycles. The van der Waals surface area contributed by atoms with Gasteiger partial charge in [-0.2, -0.15) is 0 Å². The fraction of sp³-hybridized carbons (Fsp3) is 0.571. The number of rotatable bonds is 11. The Morgan fingerprint density at radius 2 is 1.12 bits per heavy atom. The van der Waals surface area contributed by atoms with E-state index in [1.807, 2.05) is 24.3 Å². The molecule has 3 atom stereocenters. The van der Waals surface area contributed by atoms with Gasteiger partial charge in [-0.05, 0) is 77.8 Å². The van der Waals surface area contributed by atoms with Crippen molar-refractivity contribution in [2.24, 2.45) is 11.3 Å². The summed E-state index contributed by atoms with van der Waals surface area (Å²) in [6.45, 7) is 17.5. The first-order chi connectivity index (χ1) is 14.9. The average molecular weight is 459 g/mol. The standard InChI is InChI=1S/C28H43O3P/c1-9-22(4)24-11-15-26(16-12-24)30-32(29,20-21(3)19-28(6,7)8)31-27-17-13-25(14-18-27)23(5)10-2/h11-18,21-23H,9-10,19-20H2,1-8H3/t21-,22-,23-/m0/s1. The number of hydrogen-bond donors (Lipinski definition) is 0. The maximum Gasteiger partial charge on any atom is 0.430 e. The van der Waals surface area contributed by atoms with E-state index in [0.717, 1.165) is 19.3 Å². The van der Waals surface area contributed by atoms with Crippen molar-refractivity contribution >= 4 is 7.60 Å². The topological polar surface area (TPSA) is 35.5 Å². The van der Waals surface area contributed by atoms with E-state index in [4.69, 9.17) is 9.05 Å². The van der Waals surface area contributed by atoms with Gasteiger partial charge < -0.3 is 9.05 Å². The first-order valence-electron chi connectivity index (χ1n) is 12.1. The van der Waals surface area contributed by atoms with E-state index in [1.165, 1.54) is 11.1 Å². The van der Waals surface area contributed by atoms with Crippen molar-refractivity contribution in [2.45, 2.75) is 86.5 Å². The van der Waals surface area contributed by atoms with Crippen molar-refractivity contribution in [1.82, 2.24) is 0 Å². The van der Waals surface area contributed by atoms with Crippen LogP contribution in [-0.2, 0) is 4.57 Å².